The number of nitrogens with one attached hydrogen (secondary N) is 1. The van der Waals surface area contributed by atoms with Crippen LogP contribution in [0.15, 0.2) is 53.3 Å². The number of ether oxygens (including phenoxy) is 1. The molecule has 148 valence electrons. The number of amides is 1. The maximum atomic E-state index is 13.3. The van der Waals surface area contributed by atoms with Crippen LogP contribution in [0.4, 0.5) is 4.79 Å². The van der Waals surface area contributed by atoms with Crippen LogP contribution in [-0.4, -0.2) is 21.2 Å². The summed E-state index contributed by atoms with van der Waals surface area (Å²) in [6.07, 6.45) is -0.618. The lowest BCUT2D eigenvalue weighted by Crippen LogP contribution is -2.37. The van der Waals surface area contributed by atoms with Crippen molar-refractivity contribution < 1.29 is 9.53 Å². The Balaban J connectivity index is 2.20. The van der Waals surface area contributed by atoms with Crippen molar-refractivity contribution in [3.63, 3.8) is 0 Å². The Morgan fingerprint density at radius 1 is 1.17 bits per heavy atom. The number of nitriles is 1. The molecule has 0 saturated heterocycles. The van der Waals surface area contributed by atoms with Crippen LogP contribution in [-0.2, 0) is 4.74 Å². The molecule has 0 radical (unpaired) electrons. The summed E-state index contributed by atoms with van der Waals surface area (Å²) in [5.41, 5.74) is 0.243. The largest absolute Gasteiger partial charge is 0.444 e. The Morgan fingerprint density at radius 2 is 1.86 bits per heavy atom. The molecule has 0 fully saturated rings. The molecule has 29 heavy (non-hydrogen) atoms. The van der Waals surface area contributed by atoms with Crippen molar-refractivity contribution in [3.05, 3.63) is 70.3 Å². The molecular weight excluding hydrogens is 368 g/mol. The lowest BCUT2D eigenvalue weighted by atomic mass is 10.1. The number of carbonyl (C=O) groups is 1. The van der Waals surface area contributed by atoms with E-state index < -0.39 is 17.7 Å². The molecule has 3 rings (SSSR count). The first-order chi connectivity index (χ1) is 13.7. The van der Waals surface area contributed by atoms with Crippen LogP contribution in [0.1, 0.15) is 45.1 Å². The number of benzene rings is 2. The van der Waals surface area contributed by atoms with Crippen molar-refractivity contribution in [2.45, 2.75) is 39.3 Å². The van der Waals surface area contributed by atoms with Crippen LogP contribution >= 0.6 is 0 Å². The summed E-state index contributed by atoms with van der Waals surface area (Å²) < 4.78 is 6.77. The van der Waals surface area contributed by atoms with E-state index in [1.165, 1.54) is 4.57 Å². The highest BCUT2D eigenvalue weighted by atomic mass is 16.6. The zero-order valence-electron chi connectivity index (χ0n) is 16.8. The summed E-state index contributed by atoms with van der Waals surface area (Å²) >= 11 is 0. The third-order valence-electron chi connectivity index (χ3n) is 4.18. The number of hydrogen-bond acceptors (Lipinski definition) is 5. The van der Waals surface area contributed by atoms with Crippen LogP contribution < -0.4 is 10.9 Å². The highest BCUT2D eigenvalue weighted by Gasteiger charge is 2.23. The zero-order valence-corrected chi connectivity index (χ0v) is 16.8. The van der Waals surface area contributed by atoms with Crippen molar-refractivity contribution in [2.75, 3.05) is 0 Å². The standard InChI is InChI=1S/C22H22N4O3/c1-14(24-21(28)29-22(2,3)4)19-25-18-15(13-23)9-8-12-17(18)20(27)26(19)16-10-6-5-7-11-16/h5-12,14H,1-4H3,(H,24,28)/t14-/m0/s1. The summed E-state index contributed by atoms with van der Waals surface area (Å²) in [5, 5.41) is 12.5. The topological polar surface area (TPSA) is 97.0 Å². The summed E-state index contributed by atoms with van der Waals surface area (Å²) in [4.78, 5) is 30.2. The Morgan fingerprint density at radius 3 is 2.48 bits per heavy atom. The smallest absolute Gasteiger partial charge is 0.408 e. The maximum absolute atomic E-state index is 13.3. The van der Waals surface area contributed by atoms with Gasteiger partial charge in [-0.05, 0) is 52.0 Å². The van der Waals surface area contributed by atoms with Gasteiger partial charge in [0.1, 0.15) is 17.5 Å². The van der Waals surface area contributed by atoms with Gasteiger partial charge < -0.3 is 10.1 Å². The van der Waals surface area contributed by atoms with Gasteiger partial charge in [-0.15, -0.1) is 0 Å². The molecule has 0 aliphatic heterocycles. The lowest BCUT2D eigenvalue weighted by Gasteiger charge is -2.23. The number of para-hydroxylation sites is 2. The highest BCUT2D eigenvalue weighted by Crippen LogP contribution is 2.20. The van der Waals surface area contributed by atoms with Gasteiger partial charge in [-0.3, -0.25) is 9.36 Å². The van der Waals surface area contributed by atoms with Crippen molar-refractivity contribution in [2.24, 2.45) is 0 Å². The molecule has 1 heterocycles. The van der Waals surface area contributed by atoms with E-state index in [0.29, 0.717) is 28.0 Å². The molecule has 1 aromatic heterocycles. The minimum atomic E-state index is -0.659. The Kier molecular flexibility index (Phi) is 5.37. The number of carbonyl (C=O) groups excluding carboxylic acids is 1. The zero-order chi connectivity index (χ0) is 21.2. The van der Waals surface area contributed by atoms with Gasteiger partial charge in [0.15, 0.2) is 0 Å². The number of nitrogens with zero attached hydrogens (tertiary/aromatic N) is 3. The van der Waals surface area contributed by atoms with E-state index in [1.54, 1.807) is 58.0 Å². The Labute approximate surface area is 168 Å². The second-order valence-corrected chi connectivity index (χ2v) is 7.63. The normalized spacial score (nSPS) is 12.2. The van der Waals surface area contributed by atoms with Gasteiger partial charge in [0, 0.05) is 0 Å². The van der Waals surface area contributed by atoms with Crippen molar-refractivity contribution in [1.29, 1.82) is 5.26 Å². The molecule has 7 heteroatoms. The van der Waals surface area contributed by atoms with Crippen molar-refractivity contribution in [1.82, 2.24) is 14.9 Å². The average molecular weight is 390 g/mol. The molecule has 0 spiro atoms. The maximum Gasteiger partial charge on any atom is 0.408 e. The van der Waals surface area contributed by atoms with E-state index >= 15 is 0 Å². The summed E-state index contributed by atoms with van der Waals surface area (Å²) in [6.45, 7) is 7.02. The third-order valence-corrected chi connectivity index (χ3v) is 4.18. The average Bonchev–Trinajstić information content (AvgIpc) is 2.66. The number of hydrogen-bond donors (Lipinski definition) is 1. The first kappa shape index (κ1) is 20.1. The van der Waals surface area contributed by atoms with Gasteiger partial charge in [-0.25, -0.2) is 9.78 Å². The van der Waals surface area contributed by atoms with Crippen LogP contribution in [0.25, 0.3) is 16.6 Å². The molecule has 0 bridgehead atoms. The van der Waals surface area contributed by atoms with E-state index in [2.05, 4.69) is 16.4 Å². The number of alkyl carbamates (subject to hydrolysis) is 1. The molecule has 2 aromatic carbocycles. The molecular formula is C22H22N4O3. The predicted octanol–water partition coefficient (Wildman–Crippen LogP) is 3.84. The molecule has 1 amide bonds. The lowest BCUT2D eigenvalue weighted by molar-refractivity contribution is 0.0505. The van der Waals surface area contributed by atoms with E-state index in [0.717, 1.165) is 0 Å². The Bertz CT molecular complexity index is 1150. The number of fused-ring (bicyclic) bond motifs is 1. The molecule has 0 aliphatic rings. The summed E-state index contributed by atoms with van der Waals surface area (Å²) in [6, 6.07) is 15.4. The van der Waals surface area contributed by atoms with Gasteiger partial charge in [-0.2, -0.15) is 5.26 Å². The minimum Gasteiger partial charge on any atom is -0.444 e. The fourth-order valence-corrected chi connectivity index (χ4v) is 2.98. The van der Waals surface area contributed by atoms with Crippen molar-refractivity contribution in [3.8, 4) is 11.8 Å². The fraction of sp³-hybridized carbons (Fsp3) is 0.273. The molecule has 0 aliphatic carbocycles. The second-order valence-electron chi connectivity index (χ2n) is 7.63. The first-order valence-electron chi connectivity index (χ1n) is 9.22. The van der Waals surface area contributed by atoms with Gasteiger partial charge in [-0.1, -0.05) is 24.3 Å². The van der Waals surface area contributed by atoms with Gasteiger partial charge in [0.05, 0.1) is 28.2 Å². The van der Waals surface area contributed by atoms with Crippen LogP contribution in [0.2, 0.25) is 0 Å². The quantitative estimate of drug-likeness (QED) is 0.733. The molecule has 1 N–H and O–H groups in total. The van der Waals surface area contributed by atoms with Crippen molar-refractivity contribution >= 4 is 17.0 Å². The van der Waals surface area contributed by atoms with Crippen LogP contribution in [0.5, 0.6) is 0 Å². The molecule has 0 unspecified atom stereocenters. The van der Waals surface area contributed by atoms with E-state index in [1.807, 2.05) is 18.2 Å². The summed E-state index contributed by atoms with van der Waals surface area (Å²) in [5.74, 6) is 0.308. The van der Waals surface area contributed by atoms with Crippen LogP contribution in [0.3, 0.4) is 0 Å². The molecule has 3 aromatic rings. The highest BCUT2D eigenvalue weighted by molar-refractivity contribution is 5.83. The number of rotatable bonds is 3. The minimum absolute atomic E-state index is 0.297. The second kappa shape index (κ2) is 7.76. The molecule has 7 nitrogen and oxygen atoms in total. The predicted molar refractivity (Wildman–Crippen MR) is 110 cm³/mol. The van der Waals surface area contributed by atoms with Gasteiger partial charge >= 0.3 is 6.09 Å². The van der Waals surface area contributed by atoms with E-state index in [4.69, 9.17) is 4.74 Å². The molecule has 1 atom stereocenters. The van der Waals surface area contributed by atoms with Gasteiger partial charge in [0.25, 0.3) is 5.56 Å². The summed E-state index contributed by atoms with van der Waals surface area (Å²) in [7, 11) is 0. The van der Waals surface area contributed by atoms with E-state index in [9.17, 15) is 14.9 Å². The third kappa shape index (κ3) is 4.27. The first-order valence-corrected chi connectivity index (χ1v) is 9.22. The van der Waals surface area contributed by atoms with Gasteiger partial charge in [0.2, 0.25) is 0 Å². The number of aromatic nitrogens is 2. The molecule has 0 saturated carbocycles. The SMILES string of the molecule is C[C@H](NC(=O)OC(C)(C)C)c1nc2c(C#N)cccc2c(=O)n1-c1ccccc1. The van der Waals surface area contributed by atoms with E-state index in [-0.39, 0.29) is 5.56 Å². The fourth-order valence-electron chi connectivity index (χ4n) is 2.98. The Hall–Kier alpha value is -3.66. The van der Waals surface area contributed by atoms with Crippen LogP contribution in [0, 0.1) is 11.3 Å². The monoisotopic (exact) mass is 390 g/mol.